The predicted octanol–water partition coefficient (Wildman–Crippen LogP) is 1.95. The molecule has 5 nitrogen and oxygen atoms in total. The number of carbonyl (C=O) groups excluding carboxylic acids is 1. The van der Waals surface area contributed by atoms with Gasteiger partial charge in [-0.1, -0.05) is 23.4 Å². The van der Waals surface area contributed by atoms with Crippen LogP contribution in [-0.2, 0) is 0 Å². The van der Waals surface area contributed by atoms with E-state index in [0.29, 0.717) is 5.69 Å². The number of anilines is 1. The number of hydrogen-bond donors (Lipinski definition) is 2. The van der Waals surface area contributed by atoms with E-state index in [0.717, 1.165) is 5.56 Å². The fraction of sp³-hybridized carbons (Fsp3) is 0.167. The third-order valence-corrected chi connectivity index (χ3v) is 2.37. The van der Waals surface area contributed by atoms with Crippen LogP contribution in [0, 0.1) is 0 Å². The van der Waals surface area contributed by atoms with E-state index >= 15 is 0 Å². The van der Waals surface area contributed by atoms with Crippen molar-refractivity contribution in [3.05, 3.63) is 47.9 Å². The molecule has 0 saturated heterocycles. The Kier molecular flexibility index (Phi) is 3.20. The number of amides is 1. The fourth-order valence-electron chi connectivity index (χ4n) is 1.52. The van der Waals surface area contributed by atoms with Gasteiger partial charge in [0.2, 0.25) is 0 Å². The maximum absolute atomic E-state index is 11.8. The molecule has 17 heavy (non-hydrogen) atoms. The summed E-state index contributed by atoms with van der Waals surface area (Å²) >= 11 is 0. The summed E-state index contributed by atoms with van der Waals surface area (Å²) in [5.41, 5.74) is 7.63. The summed E-state index contributed by atoms with van der Waals surface area (Å²) in [6.45, 7) is 1.86. The Morgan fingerprint density at radius 1 is 1.41 bits per heavy atom. The molecule has 1 aromatic carbocycles. The molecular weight excluding hydrogens is 218 g/mol. The highest BCUT2D eigenvalue weighted by atomic mass is 16.5. The molecule has 0 aliphatic carbocycles. The molecule has 1 amide bonds. The number of nitrogens with two attached hydrogens (primary N) is 1. The summed E-state index contributed by atoms with van der Waals surface area (Å²) in [6, 6.07) is 8.75. The van der Waals surface area contributed by atoms with Gasteiger partial charge in [-0.05, 0) is 18.6 Å². The molecule has 1 heterocycles. The van der Waals surface area contributed by atoms with Crippen molar-refractivity contribution in [3.8, 4) is 0 Å². The Labute approximate surface area is 98.6 Å². The Morgan fingerprint density at radius 3 is 2.82 bits per heavy atom. The summed E-state index contributed by atoms with van der Waals surface area (Å²) in [6.07, 6.45) is 1.35. The maximum Gasteiger partial charge on any atom is 0.277 e. The van der Waals surface area contributed by atoms with Crippen molar-refractivity contribution < 1.29 is 9.32 Å². The molecule has 0 bridgehead atoms. The number of nitrogens with one attached hydrogen (secondary N) is 1. The van der Waals surface area contributed by atoms with Crippen molar-refractivity contribution in [1.29, 1.82) is 0 Å². The van der Waals surface area contributed by atoms with Gasteiger partial charge in [-0.2, -0.15) is 0 Å². The molecule has 1 unspecified atom stereocenters. The first-order valence-corrected chi connectivity index (χ1v) is 5.24. The van der Waals surface area contributed by atoms with Crippen LogP contribution >= 0.6 is 0 Å². The van der Waals surface area contributed by atoms with Crippen molar-refractivity contribution in [2.45, 2.75) is 13.0 Å². The quantitative estimate of drug-likeness (QED) is 0.845. The van der Waals surface area contributed by atoms with Crippen LogP contribution in [-0.4, -0.2) is 11.1 Å². The van der Waals surface area contributed by atoms with Gasteiger partial charge in [0.1, 0.15) is 6.26 Å². The summed E-state index contributed by atoms with van der Waals surface area (Å²) in [7, 11) is 0. The Bertz CT molecular complexity index is 506. The molecule has 0 fully saturated rings. The molecule has 2 rings (SSSR count). The number of hydrogen-bond acceptors (Lipinski definition) is 4. The molecule has 3 N–H and O–H groups in total. The number of aromatic nitrogens is 1. The molecule has 0 aliphatic rings. The highest BCUT2D eigenvalue weighted by molar-refractivity contribution is 6.03. The van der Waals surface area contributed by atoms with Gasteiger partial charge in [-0.25, -0.2) is 0 Å². The van der Waals surface area contributed by atoms with Crippen molar-refractivity contribution in [3.63, 3.8) is 0 Å². The van der Waals surface area contributed by atoms with Crippen LogP contribution in [0.15, 0.2) is 41.1 Å². The second-order valence-electron chi connectivity index (χ2n) is 3.71. The van der Waals surface area contributed by atoms with Gasteiger partial charge >= 0.3 is 0 Å². The molecular formula is C12H13N3O2. The van der Waals surface area contributed by atoms with Crippen LogP contribution in [0.2, 0.25) is 0 Å². The number of benzene rings is 1. The van der Waals surface area contributed by atoms with E-state index in [9.17, 15) is 4.79 Å². The summed E-state index contributed by atoms with van der Waals surface area (Å²) < 4.78 is 4.62. The molecule has 1 atom stereocenters. The summed E-state index contributed by atoms with van der Waals surface area (Å²) in [4.78, 5) is 11.8. The van der Waals surface area contributed by atoms with E-state index in [1.54, 1.807) is 6.07 Å². The minimum atomic E-state index is -0.313. The van der Waals surface area contributed by atoms with Gasteiger partial charge in [-0.3, -0.25) is 4.79 Å². The molecule has 0 aliphatic heterocycles. The smallest absolute Gasteiger partial charge is 0.277 e. The zero-order valence-corrected chi connectivity index (χ0v) is 9.38. The van der Waals surface area contributed by atoms with E-state index in [1.165, 1.54) is 12.3 Å². The molecule has 0 radical (unpaired) electrons. The van der Waals surface area contributed by atoms with Gasteiger partial charge in [-0.15, -0.1) is 0 Å². The lowest BCUT2D eigenvalue weighted by atomic mass is 10.1. The monoisotopic (exact) mass is 231 g/mol. The SMILES string of the molecule is CC(N)c1ccccc1NC(=O)c1ccon1. The first kappa shape index (κ1) is 11.3. The minimum Gasteiger partial charge on any atom is -0.364 e. The lowest BCUT2D eigenvalue weighted by Crippen LogP contribution is -2.16. The van der Waals surface area contributed by atoms with Crippen LogP contribution in [0.5, 0.6) is 0 Å². The van der Waals surface area contributed by atoms with Crippen molar-refractivity contribution in [2.75, 3.05) is 5.32 Å². The highest BCUT2D eigenvalue weighted by Crippen LogP contribution is 2.21. The van der Waals surface area contributed by atoms with E-state index < -0.39 is 0 Å². The normalized spacial score (nSPS) is 12.1. The first-order valence-electron chi connectivity index (χ1n) is 5.24. The predicted molar refractivity (Wildman–Crippen MR) is 63.5 cm³/mol. The maximum atomic E-state index is 11.8. The molecule has 1 aromatic heterocycles. The molecule has 5 heteroatoms. The van der Waals surface area contributed by atoms with Crippen LogP contribution in [0.4, 0.5) is 5.69 Å². The number of carbonyl (C=O) groups is 1. The third-order valence-electron chi connectivity index (χ3n) is 2.37. The lowest BCUT2D eigenvalue weighted by Gasteiger charge is -2.12. The van der Waals surface area contributed by atoms with Crippen LogP contribution in [0.25, 0.3) is 0 Å². The molecule has 2 aromatic rings. The van der Waals surface area contributed by atoms with Crippen LogP contribution < -0.4 is 11.1 Å². The summed E-state index contributed by atoms with van der Waals surface area (Å²) in [5, 5.41) is 6.32. The second kappa shape index (κ2) is 4.80. The van der Waals surface area contributed by atoms with Crippen LogP contribution in [0.3, 0.4) is 0 Å². The van der Waals surface area contributed by atoms with Crippen molar-refractivity contribution in [2.24, 2.45) is 5.73 Å². The average molecular weight is 231 g/mol. The van der Waals surface area contributed by atoms with Crippen molar-refractivity contribution >= 4 is 11.6 Å². The Hall–Kier alpha value is -2.14. The van der Waals surface area contributed by atoms with Gasteiger partial charge in [0.25, 0.3) is 5.91 Å². The Balaban J connectivity index is 2.22. The number of para-hydroxylation sites is 1. The zero-order chi connectivity index (χ0) is 12.3. The highest BCUT2D eigenvalue weighted by Gasteiger charge is 2.12. The topological polar surface area (TPSA) is 81.1 Å². The Morgan fingerprint density at radius 2 is 2.18 bits per heavy atom. The van der Waals surface area contributed by atoms with E-state index in [2.05, 4.69) is 15.0 Å². The fourth-order valence-corrected chi connectivity index (χ4v) is 1.52. The van der Waals surface area contributed by atoms with Crippen molar-refractivity contribution in [1.82, 2.24) is 5.16 Å². The first-order chi connectivity index (χ1) is 8.18. The zero-order valence-electron chi connectivity index (χ0n) is 9.38. The molecule has 88 valence electrons. The number of nitrogens with zero attached hydrogens (tertiary/aromatic N) is 1. The number of rotatable bonds is 3. The largest absolute Gasteiger partial charge is 0.364 e. The minimum absolute atomic E-state index is 0.149. The molecule has 0 saturated carbocycles. The van der Waals surface area contributed by atoms with Gasteiger partial charge in [0.15, 0.2) is 5.69 Å². The third kappa shape index (κ3) is 2.51. The molecule has 0 spiro atoms. The average Bonchev–Trinajstić information content (AvgIpc) is 2.83. The van der Waals surface area contributed by atoms with Gasteiger partial charge in [0, 0.05) is 17.8 Å². The summed E-state index contributed by atoms with van der Waals surface area (Å²) in [5.74, 6) is -0.313. The van der Waals surface area contributed by atoms with E-state index in [4.69, 9.17) is 5.73 Å². The van der Waals surface area contributed by atoms with Gasteiger partial charge in [0.05, 0.1) is 0 Å². The lowest BCUT2D eigenvalue weighted by molar-refractivity contribution is 0.101. The second-order valence-corrected chi connectivity index (χ2v) is 3.71. The van der Waals surface area contributed by atoms with Crippen LogP contribution in [0.1, 0.15) is 29.0 Å². The van der Waals surface area contributed by atoms with E-state index in [-0.39, 0.29) is 17.6 Å². The van der Waals surface area contributed by atoms with Gasteiger partial charge < -0.3 is 15.6 Å². The van der Waals surface area contributed by atoms with E-state index in [1.807, 2.05) is 25.1 Å². The standard InChI is InChI=1S/C12H13N3O2/c1-8(13)9-4-2-3-5-10(9)14-12(16)11-6-7-17-15-11/h2-8H,13H2,1H3,(H,14,16).